The van der Waals surface area contributed by atoms with Crippen molar-refractivity contribution in [2.24, 2.45) is 0 Å². The highest BCUT2D eigenvalue weighted by Crippen LogP contribution is 2.30. The van der Waals surface area contributed by atoms with E-state index in [9.17, 15) is 18.0 Å². The van der Waals surface area contributed by atoms with Gasteiger partial charge in [-0.15, -0.1) is 0 Å². The van der Waals surface area contributed by atoms with E-state index in [1.54, 1.807) is 18.0 Å². The van der Waals surface area contributed by atoms with Crippen molar-refractivity contribution in [2.45, 2.75) is 31.6 Å². The molecule has 1 aliphatic rings. The predicted molar refractivity (Wildman–Crippen MR) is 68.9 cm³/mol. The summed E-state index contributed by atoms with van der Waals surface area (Å²) in [7, 11) is 1.72. The van der Waals surface area contributed by atoms with Crippen LogP contribution in [0.2, 0.25) is 0 Å². The van der Waals surface area contributed by atoms with Crippen LogP contribution in [0.5, 0.6) is 0 Å². The summed E-state index contributed by atoms with van der Waals surface area (Å²) >= 11 is 0. The maximum absolute atomic E-state index is 12.6. The molecule has 0 aromatic heterocycles. The molecule has 1 aromatic carbocycles. The summed E-state index contributed by atoms with van der Waals surface area (Å²) in [5.41, 5.74) is -0.172. The van der Waals surface area contributed by atoms with Crippen molar-refractivity contribution in [1.29, 1.82) is 0 Å². The molecule has 1 aromatic rings. The molecule has 1 heterocycles. The molecule has 6 heteroatoms. The lowest BCUT2D eigenvalue weighted by Gasteiger charge is -2.32. The molecule has 1 unspecified atom stereocenters. The molecule has 110 valence electrons. The van der Waals surface area contributed by atoms with Crippen LogP contribution in [0.25, 0.3) is 0 Å². The second kappa shape index (κ2) is 5.83. The van der Waals surface area contributed by atoms with Gasteiger partial charge in [-0.1, -0.05) is 12.1 Å². The number of rotatable bonds is 3. The number of piperidine rings is 1. The Hall–Kier alpha value is -1.56. The first-order valence-corrected chi connectivity index (χ1v) is 6.54. The number of hydrogen-bond acceptors (Lipinski definition) is 2. The van der Waals surface area contributed by atoms with E-state index < -0.39 is 11.7 Å². The van der Waals surface area contributed by atoms with E-state index in [2.05, 4.69) is 5.32 Å². The number of benzene rings is 1. The minimum absolute atomic E-state index is 0.0452. The average Bonchev–Trinajstić information content (AvgIpc) is 2.40. The zero-order valence-electron chi connectivity index (χ0n) is 11.2. The van der Waals surface area contributed by atoms with E-state index in [4.69, 9.17) is 0 Å². The van der Waals surface area contributed by atoms with E-state index >= 15 is 0 Å². The van der Waals surface area contributed by atoms with E-state index in [0.29, 0.717) is 12.1 Å². The van der Waals surface area contributed by atoms with Crippen LogP contribution in [0.3, 0.4) is 0 Å². The molecule has 0 bridgehead atoms. The number of nitrogens with zero attached hydrogens (tertiary/aromatic N) is 1. The van der Waals surface area contributed by atoms with Gasteiger partial charge in [0, 0.05) is 13.1 Å². The largest absolute Gasteiger partial charge is 0.416 e. The smallest absolute Gasteiger partial charge is 0.337 e. The van der Waals surface area contributed by atoms with Crippen LogP contribution >= 0.6 is 0 Å². The van der Waals surface area contributed by atoms with Crippen molar-refractivity contribution >= 4 is 5.91 Å². The molecule has 0 saturated carbocycles. The zero-order valence-corrected chi connectivity index (χ0v) is 11.2. The third-order valence-corrected chi connectivity index (χ3v) is 3.51. The molecule has 1 atom stereocenters. The Labute approximate surface area is 115 Å². The van der Waals surface area contributed by atoms with Gasteiger partial charge < -0.3 is 10.2 Å². The van der Waals surface area contributed by atoms with Gasteiger partial charge in [0.05, 0.1) is 11.6 Å². The molecular formula is C14H17F3N2O. The molecule has 1 aliphatic heterocycles. The van der Waals surface area contributed by atoms with E-state index in [0.717, 1.165) is 25.0 Å². The average molecular weight is 286 g/mol. The normalized spacial score (nSPS) is 20.3. The summed E-state index contributed by atoms with van der Waals surface area (Å²) < 4.78 is 37.9. The maximum atomic E-state index is 12.6. The number of hydrogen-bond donors (Lipinski definition) is 1. The van der Waals surface area contributed by atoms with Crippen molar-refractivity contribution in [2.75, 3.05) is 13.6 Å². The van der Waals surface area contributed by atoms with E-state index in [1.165, 1.54) is 6.07 Å². The number of alkyl halides is 3. The number of nitrogens with one attached hydrogen (secondary N) is 1. The van der Waals surface area contributed by atoms with Crippen molar-refractivity contribution in [3.05, 3.63) is 35.4 Å². The first-order chi connectivity index (χ1) is 9.41. The van der Waals surface area contributed by atoms with Gasteiger partial charge in [-0.05, 0) is 37.6 Å². The molecular weight excluding hydrogens is 269 g/mol. The van der Waals surface area contributed by atoms with Crippen LogP contribution in [0.4, 0.5) is 13.2 Å². The quantitative estimate of drug-likeness (QED) is 0.925. The summed E-state index contributed by atoms with van der Waals surface area (Å²) in [4.78, 5) is 13.7. The summed E-state index contributed by atoms with van der Waals surface area (Å²) in [6.45, 7) is 0.814. The fourth-order valence-corrected chi connectivity index (χ4v) is 2.43. The maximum Gasteiger partial charge on any atom is 0.416 e. The Bertz CT molecular complexity index is 488. The van der Waals surface area contributed by atoms with Crippen molar-refractivity contribution in [3.63, 3.8) is 0 Å². The zero-order chi connectivity index (χ0) is 14.8. The SMILES string of the molecule is CNC1CCCN(Cc2cccc(C(F)(F)F)c2)C1=O. The molecule has 1 amide bonds. The number of carbonyl (C=O) groups excluding carboxylic acids is 1. The summed E-state index contributed by atoms with van der Waals surface area (Å²) in [6.07, 6.45) is -2.72. The van der Waals surface area contributed by atoms with Gasteiger partial charge >= 0.3 is 6.18 Å². The fraction of sp³-hybridized carbons (Fsp3) is 0.500. The van der Waals surface area contributed by atoms with Gasteiger partial charge in [-0.25, -0.2) is 0 Å². The van der Waals surface area contributed by atoms with Crippen LogP contribution < -0.4 is 5.32 Å². The molecule has 0 spiro atoms. The standard InChI is InChI=1S/C14H17F3N2O/c1-18-12-6-3-7-19(13(12)20)9-10-4-2-5-11(8-10)14(15,16)17/h2,4-5,8,12,18H,3,6-7,9H2,1H3. The number of likely N-dealkylation sites (tertiary alicyclic amines) is 1. The first-order valence-electron chi connectivity index (χ1n) is 6.54. The van der Waals surface area contributed by atoms with Gasteiger partial charge in [0.25, 0.3) is 0 Å². The van der Waals surface area contributed by atoms with Gasteiger partial charge in [0.15, 0.2) is 0 Å². The van der Waals surface area contributed by atoms with E-state index in [1.807, 2.05) is 0 Å². The fourth-order valence-electron chi connectivity index (χ4n) is 2.43. The molecule has 2 rings (SSSR count). The molecule has 1 saturated heterocycles. The molecule has 20 heavy (non-hydrogen) atoms. The highest BCUT2D eigenvalue weighted by Gasteiger charge is 2.31. The Kier molecular flexibility index (Phi) is 4.32. The molecule has 1 N–H and O–H groups in total. The molecule has 1 fully saturated rings. The van der Waals surface area contributed by atoms with Crippen LogP contribution in [-0.2, 0) is 17.5 Å². The van der Waals surface area contributed by atoms with Gasteiger partial charge in [-0.3, -0.25) is 4.79 Å². The van der Waals surface area contributed by atoms with Crippen molar-refractivity contribution < 1.29 is 18.0 Å². The summed E-state index contributed by atoms with van der Waals surface area (Å²) in [5, 5.41) is 2.93. The number of carbonyl (C=O) groups is 1. The molecule has 0 aliphatic carbocycles. The third-order valence-electron chi connectivity index (χ3n) is 3.51. The van der Waals surface area contributed by atoms with Crippen molar-refractivity contribution in [1.82, 2.24) is 10.2 Å². The van der Waals surface area contributed by atoms with Crippen LogP contribution in [0, 0.1) is 0 Å². The van der Waals surface area contributed by atoms with E-state index in [-0.39, 0.29) is 18.5 Å². The topological polar surface area (TPSA) is 32.3 Å². The Balaban J connectivity index is 2.12. The monoisotopic (exact) mass is 286 g/mol. The molecule has 3 nitrogen and oxygen atoms in total. The lowest BCUT2D eigenvalue weighted by molar-refractivity contribution is -0.137. The Morgan fingerprint density at radius 2 is 2.15 bits per heavy atom. The highest BCUT2D eigenvalue weighted by atomic mass is 19.4. The lowest BCUT2D eigenvalue weighted by atomic mass is 10.0. The summed E-state index contributed by atoms with van der Waals surface area (Å²) in [5.74, 6) is -0.0452. The third kappa shape index (κ3) is 3.30. The molecule has 0 radical (unpaired) electrons. The summed E-state index contributed by atoms with van der Waals surface area (Å²) in [6, 6.07) is 4.91. The Morgan fingerprint density at radius 3 is 2.80 bits per heavy atom. The van der Waals surface area contributed by atoms with Gasteiger partial charge in [0.1, 0.15) is 0 Å². The predicted octanol–water partition coefficient (Wildman–Crippen LogP) is 2.42. The van der Waals surface area contributed by atoms with Crippen molar-refractivity contribution in [3.8, 4) is 0 Å². The van der Waals surface area contributed by atoms with Gasteiger partial charge in [0.2, 0.25) is 5.91 Å². The minimum atomic E-state index is -4.35. The minimum Gasteiger partial charge on any atom is -0.337 e. The van der Waals surface area contributed by atoms with Crippen LogP contribution in [-0.4, -0.2) is 30.4 Å². The second-order valence-electron chi connectivity index (χ2n) is 4.94. The number of likely N-dealkylation sites (N-methyl/N-ethyl adjacent to an activating group) is 1. The Morgan fingerprint density at radius 1 is 1.40 bits per heavy atom. The van der Waals surface area contributed by atoms with Crippen LogP contribution in [0.1, 0.15) is 24.0 Å². The van der Waals surface area contributed by atoms with Crippen LogP contribution in [0.15, 0.2) is 24.3 Å². The highest BCUT2D eigenvalue weighted by molar-refractivity contribution is 5.82. The van der Waals surface area contributed by atoms with Gasteiger partial charge in [-0.2, -0.15) is 13.2 Å². The number of amides is 1. The second-order valence-corrected chi connectivity index (χ2v) is 4.94. The first kappa shape index (κ1) is 14.8. The lowest BCUT2D eigenvalue weighted by Crippen LogP contribution is -2.49. The number of halogens is 3.